The predicted octanol–water partition coefficient (Wildman–Crippen LogP) is 3.58. The Hall–Kier alpha value is -2.77. The van der Waals surface area contributed by atoms with Crippen LogP contribution in [-0.4, -0.2) is 37.6 Å². The lowest BCUT2D eigenvalue weighted by atomic mass is 9.91. The maximum atomic E-state index is 14.1. The van der Waals surface area contributed by atoms with Gasteiger partial charge >= 0.3 is 0 Å². The smallest absolute Gasteiger partial charge is 0.272 e. The molecule has 1 atom stereocenters. The molecule has 4 rings (SSSR count). The van der Waals surface area contributed by atoms with Crippen molar-refractivity contribution in [1.29, 1.82) is 0 Å². The highest BCUT2D eigenvalue weighted by atomic mass is 19.3. The van der Waals surface area contributed by atoms with E-state index in [2.05, 4.69) is 20.5 Å². The van der Waals surface area contributed by atoms with Crippen LogP contribution in [0.5, 0.6) is 0 Å². The monoisotopic (exact) mass is 373 g/mol. The number of H-pyrrole nitrogens is 1. The first-order valence-corrected chi connectivity index (χ1v) is 9.02. The molecule has 0 radical (unpaired) electrons. The first kappa shape index (κ1) is 17.6. The van der Waals surface area contributed by atoms with Gasteiger partial charge in [0, 0.05) is 24.4 Å². The second kappa shape index (κ2) is 6.44. The van der Waals surface area contributed by atoms with Crippen LogP contribution in [0.1, 0.15) is 42.0 Å². The van der Waals surface area contributed by atoms with Gasteiger partial charge in [0.15, 0.2) is 5.69 Å². The van der Waals surface area contributed by atoms with Crippen LogP contribution in [-0.2, 0) is 7.05 Å². The lowest BCUT2D eigenvalue weighted by molar-refractivity contribution is -0.0609. The topological polar surface area (TPSA) is 75.6 Å². The average molecular weight is 373 g/mol. The lowest BCUT2D eigenvalue weighted by Gasteiger charge is -2.31. The van der Waals surface area contributed by atoms with E-state index in [1.54, 1.807) is 6.20 Å². The standard InChI is InChI=1S/C19H21F2N5O/c1-11-22-10-15(26(11)2)12-6-7-14-13(9-12)17(25-24-14)18(27)23-16-5-3-4-8-19(16,20)21/h6-7,9-10,16H,3-5,8H2,1-2H3,(H,23,27)(H,24,25)/t16-/m0/s1. The van der Waals surface area contributed by atoms with Crippen molar-refractivity contribution < 1.29 is 13.6 Å². The molecule has 3 aromatic rings. The highest BCUT2D eigenvalue weighted by molar-refractivity contribution is 6.05. The van der Waals surface area contributed by atoms with Crippen molar-refractivity contribution in [3.05, 3.63) is 35.9 Å². The molecular weight excluding hydrogens is 352 g/mol. The lowest BCUT2D eigenvalue weighted by Crippen LogP contribution is -2.49. The van der Waals surface area contributed by atoms with Gasteiger partial charge < -0.3 is 9.88 Å². The van der Waals surface area contributed by atoms with Gasteiger partial charge in [-0.15, -0.1) is 0 Å². The van der Waals surface area contributed by atoms with Gasteiger partial charge in [-0.3, -0.25) is 9.89 Å². The number of benzene rings is 1. The number of aromatic amines is 1. The molecule has 1 fully saturated rings. The van der Waals surface area contributed by atoms with Gasteiger partial charge in [0.2, 0.25) is 0 Å². The summed E-state index contributed by atoms with van der Waals surface area (Å²) in [6.07, 6.45) is 3.02. The first-order valence-electron chi connectivity index (χ1n) is 9.02. The zero-order valence-corrected chi connectivity index (χ0v) is 15.2. The fourth-order valence-corrected chi connectivity index (χ4v) is 3.62. The Balaban J connectivity index is 1.67. The molecule has 1 aromatic carbocycles. The maximum absolute atomic E-state index is 14.1. The van der Waals surface area contributed by atoms with E-state index in [4.69, 9.17) is 0 Å². The number of rotatable bonds is 3. The van der Waals surface area contributed by atoms with Crippen molar-refractivity contribution >= 4 is 16.8 Å². The number of nitrogens with zero attached hydrogens (tertiary/aromatic N) is 3. The average Bonchev–Trinajstić information content (AvgIpc) is 3.20. The van der Waals surface area contributed by atoms with Crippen molar-refractivity contribution in [2.45, 2.75) is 44.6 Å². The highest BCUT2D eigenvalue weighted by Gasteiger charge is 2.42. The van der Waals surface area contributed by atoms with Crippen LogP contribution in [0.25, 0.3) is 22.2 Å². The van der Waals surface area contributed by atoms with E-state index in [9.17, 15) is 13.6 Å². The summed E-state index contributed by atoms with van der Waals surface area (Å²) in [5.41, 5.74) is 2.59. The van der Waals surface area contributed by atoms with Gasteiger partial charge in [0.25, 0.3) is 11.8 Å². The van der Waals surface area contributed by atoms with Crippen LogP contribution in [0.4, 0.5) is 8.78 Å². The summed E-state index contributed by atoms with van der Waals surface area (Å²) < 4.78 is 30.1. The molecule has 2 heterocycles. The van der Waals surface area contributed by atoms with E-state index >= 15 is 0 Å². The number of aromatic nitrogens is 4. The molecule has 27 heavy (non-hydrogen) atoms. The molecular formula is C19H21F2N5O. The Kier molecular flexibility index (Phi) is 4.20. The molecule has 8 heteroatoms. The van der Waals surface area contributed by atoms with Gasteiger partial charge in [0.05, 0.1) is 23.4 Å². The number of fused-ring (bicyclic) bond motifs is 1. The van der Waals surface area contributed by atoms with Crippen LogP contribution >= 0.6 is 0 Å². The number of carbonyl (C=O) groups is 1. The molecule has 0 bridgehead atoms. The van der Waals surface area contributed by atoms with Gasteiger partial charge in [0.1, 0.15) is 5.82 Å². The number of aryl methyl sites for hydroxylation is 1. The molecule has 6 nitrogen and oxygen atoms in total. The van der Waals surface area contributed by atoms with Gasteiger partial charge in [-0.05, 0) is 31.9 Å². The summed E-state index contributed by atoms with van der Waals surface area (Å²) in [7, 11) is 1.91. The summed E-state index contributed by atoms with van der Waals surface area (Å²) >= 11 is 0. The molecule has 0 unspecified atom stereocenters. The molecule has 1 amide bonds. The number of imidazole rings is 1. The van der Waals surface area contributed by atoms with Crippen LogP contribution in [0.15, 0.2) is 24.4 Å². The van der Waals surface area contributed by atoms with E-state index in [1.165, 1.54) is 0 Å². The van der Waals surface area contributed by atoms with Gasteiger partial charge in [-0.25, -0.2) is 13.8 Å². The molecule has 142 valence electrons. The van der Waals surface area contributed by atoms with Crippen molar-refractivity contribution in [1.82, 2.24) is 25.1 Å². The highest BCUT2D eigenvalue weighted by Crippen LogP contribution is 2.34. The van der Waals surface area contributed by atoms with Crippen LogP contribution in [0, 0.1) is 6.92 Å². The number of alkyl halides is 2. The minimum Gasteiger partial charge on any atom is -0.342 e. The van der Waals surface area contributed by atoms with Crippen molar-refractivity contribution in [2.75, 3.05) is 0 Å². The second-order valence-electron chi connectivity index (χ2n) is 7.12. The zero-order chi connectivity index (χ0) is 19.2. The zero-order valence-electron chi connectivity index (χ0n) is 15.2. The second-order valence-corrected chi connectivity index (χ2v) is 7.12. The summed E-state index contributed by atoms with van der Waals surface area (Å²) in [5.74, 6) is -2.59. The minimum atomic E-state index is -2.88. The molecule has 1 aliphatic carbocycles. The van der Waals surface area contributed by atoms with Crippen molar-refractivity contribution in [3.63, 3.8) is 0 Å². The quantitative estimate of drug-likeness (QED) is 0.737. The maximum Gasteiger partial charge on any atom is 0.272 e. The Morgan fingerprint density at radius 3 is 2.89 bits per heavy atom. The summed E-state index contributed by atoms with van der Waals surface area (Å²) in [4.78, 5) is 16.9. The normalized spacial score (nSPS) is 19.3. The third-order valence-corrected chi connectivity index (χ3v) is 5.36. The van der Waals surface area contributed by atoms with Crippen molar-refractivity contribution in [3.8, 4) is 11.3 Å². The third-order valence-electron chi connectivity index (χ3n) is 5.36. The molecule has 2 N–H and O–H groups in total. The summed E-state index contributed by atoms with van der Waals surface area (Å²) in [6.45, 7) is 1.91. The van der Waals surface area contributed by atoms with Crippen molar-refractivity contribution in [2.24, 2.45) is 7.05 Å². The minimum absolute atomic E-state index is 0.132. The molecule has 2 aromatic heterocycles. The molecule has 1 saturated carbocycles. The third kappa shape index (κ3) is 3.09. The Morgan fingerprint density at radius 2 is 2.19 bits per heavy atom. The summed E-state index contributed by atoms with van der Waals surface area (Å²) in [5, 5.41) is 9.96. The fourth-order valence-electron chi connectivity index (χ4n) is 3.62. The van der Waals surface area contributed by atoms with E-state index in [-0.39, 0.29) is 18.5 Å². The number of halogens is 2. The fraction of sp³-hybridized carbons (Fsp3) is 0.421. The number of amides is 1. The first-order chi connectivity index (χ1) is 12.9. The van der Waals surface area contributed by atoms with E-state index in [1.807, 2.05) is 36.7 Å². The van der Waals surface area contributed by atoms with E-state index in [0.29, 0.717) is 23.7 Å². The van der Waals surface area contributed by atoms with Gasteiger partial charge in [-0.2, -0.15) is 5.10 Å². The van der Waals surface area contributed by atoms with Crippen LogP contribution < -0.4 is 5.32 Å². The van der Waals surface area contributed by atoms with Crippen LogP contribution in [0.3, 0.4) is 0 Å². The van der Waals surface area contributed by atoms with E-state index in [0.717, 1.165) is 17.1 Å². The van der Waals surface area contributed by atoms with Gasteiger partial charge in [-0.1, -0.05) is 12.5 Å². The predicted molar refractivity (Wildman–Crippen MR) is 97.7 cm³/mol. The number of nitrogens with one attached hydrogen (secondary N) is 2. The molecule has 0 saturated heterocycles. The molecule has 1 aliphatic rings. The Bertz CT molecular complexity index is 1010. The largest absolute Gasteiger partial charge is 0.342 e. The summed E-state index contributed by atoms with van der Waals surface area (Å²) in [6, 6.07) is 4.43. The number of hydrogen-bond donors (Lipinski definition) is 2. The SMILES string of the molecule is Cc1ncc(-c2ccc3[nH]nc(C(=O)N[C@H]4CCCCC4(F)F)c3c2)n1C. The molecule has 0 spiro atoms. The number of carbonyl (C=O) groups excluding carboxylic acids is 1. The number of hydrogen-bond acceptors (Lipinski definition) is 3. The van der Waals surface area contributed by atoms with Crippen LogP contribution in [0.2, 0.25) is 0 Å². The van der Waals surface area contributed by atoms with E-state index < -0.39 is 17.9 Å². The Labute approximate surface area is 155 Å². The Morgan fingerprint density at radius 1 is 1.37 bits per heavy atom. The molecule has 0 aliphatic heterocycles.